The molecule has 37 heavy (non-hydrogen) atoms. The minimum atomic E-state index is -0.243. The molecule has 1 saturated heterocycles. The molecule has 1 fully saturated rings. The number of nitrogens with one attached hydrogen (secondary N) is 1. The van der Waals surface area contributed by atoms with Gasteiger partial charge in [0, 0.05) is 54.1 Å². The summed E-state index contributed by atoms with van der Waals surface area (Å²) in [6.45, 7) is 6.60. The van der Waals surface area contributed by atoms with Crippen molar-refractivity contribution in [1.29, 1.82) is 0 Å². The van der Waals surface area contributed by atoms with Crippen LogP contribution in [-0.2, 0) is 4.79 Å². The molecule has 0 radical (unpaired) electrons. The SMILES string of the molecule is CC(C)C(=O)N1CC(c2nc(-c3ccc(C(=O)Nc4ccccn4)cc3)c3c(N)nccn23)CCC1C. The van der Waals surface area contributed by atoms with Crippen LogP contribution in [0.15, 0.2) is 61.1 Å². The van der Waals surface area contributed by atoms with E-state index in [1.54, 1.807) is 36.7 Å². The van der Waals surface area contributed by atoms with Gasteiger partial charge in [0.2, 0.25) is 5.91 Å². The number of likely N-dealkylation sites (tertiary alicyclic amines) is 1. The molecule has 5 rings (SSSR count). The number of hydrogen-bond acceptors (Lipinski definition) is 6. The summed E-state index contributed by atoms with van der Waals surface area (Å²) < 4.78 is 2.00. The summed E-state index contributed by atoms with van der Waals surface area (Å²) in [7, 11) is 0. The van der Waals surface area contributed by atoms with Crippen molar-refractivity contribution in [3.63, 3.8) is 0 Å². The van der Waals surface area contributed by atoms with E-state index in [-0.39, 0.29) is 29.7 Å². The largest absolute Gasteiger partial charge is 0.382 e. The first-order valence-corrected chi connectivity index (χ1v) is 12.6. The van der Waals surface area contributed by atoms with Crippen molar-refractivity contribution >= 4 is 29.0 Å². The zero-order valence-electron chi connectivity index (χ0n) is 21.3. The van der Waals surface area contributed by atoms with Gasteiger partial charge in [0.1, 0.15) is 28.7 Å². The predicted molar refractivity (Wildman–Crippen MR) is 143 cm³/mol. The van der Waals surface area contributed by atoms with Crippen LogP contribution in [0.5, 0.6) is 0 Å². The molecule has 1 aliphatic rings. The Balaban J connectivity index is 1.47. The number of amides is 2. The first-order valence-electron chi connectivity index (χ1n) is 12.6. The van der Waals surface area contributed by atoms with Gasteiger partial charge >= 0.3 is 0 Å². The van der Waals surface area contributed by atoms with Gasteiger partial charge < -0.3 is 16.0 Å². The van der Waals surface area contributed by atoms with Crippen LogP contribution in [0.2, 0.25) is 0 Å². The molecular weight excluding hydrogens is 466 g/mol. The van der Waals surface area contributed by atoms with Gasteiger partial charge in [0.25, 0.3) is 5.91 Å². The van der Waals surface area contributed by atoms with Gasteiger partial charge in [0.05, 0.1) is 0 Å². The Kier molecular flexibility index (Phi) is 6.60. The van der Waals surface area contributed by atoms with Gasteiger partial charge in [-0.2, -0.15) is 0 Å². The Morgan fingerprint density at radius 1 is 1.05 bits per heavy atom. The monoisotopic (exact) mass is 497 g/mol. The number of anilines is 2. The summed E-state index contributed by atoms with van der Waals surface area (Å²) in [5.74, 6) is 1.68. The molecule has 190 valence electrons. The molecule has 3 aromatic heterocycles. The average Bonchev–Trinajstić information content (AvgIpc) is 3.30. The number of hydrogen-bond donors (Lipinski definition) is 2. The minimum Gasteiger partial charge on any atom is -0.382 e. The van der Waals surface area contributed by atoms with Crippen molar-refractivity contribution in [2.24, 2.45) is 5.92 Å². The molecule has 0 spiro atoms. The molecule has 1 aliphatic heterocycles. The normalized spacial score (nSPS) is 17.8. The lowest BCUT2D eigenvalue weighted by Gasteiger charge is -2.38. The molecule has 2 amide bonds. The van der Waals surface area contributed by atoms with Crippen LogP contribution in [0.3, 0.4) is 0 Å². The fourth-order valence-corrected chi connectivity index (χ4v) is 4.94. The number of carbonyl (C=O) groups is 2. The smallest absolute Gasteiger partial charge is 0.256 e. The van der Waals surface area contributed by atoms with Crippen molar-refractivity contribution < 1.29 is 9.59 Å². The van der Waals surface area contributed by atoms with E-state index in [0.717, 1.165) is 29.7 Å². The number of benzene rings is 1. The summed E-state index contributed by atoms with van der Waals surface area (Å²) in [5.41, 5.74) is 9.10. The molecule has 9 heteroatoms. The number of pyridine rings is 1. The number of piperidine rings is 1. The fraction of sp³-hybridized carbons (Fsp3) is 0.321. The van der Waals surface area contributed by atoms with Crippen molar-refractivity contribution in [3.05, 3.63) is 72.4 Å². The molecule has 2 atom stereocenters. The van der Waals surface area contributed by atoms with E-state index in [4.69, 9.17) is 10.7 Å². The number of rotatable bonds is 5. The summed E-state index contributed by atoms with van der Waals surface area (Å²) in [5, 5.41) is 2.80. The number of aromatic nitrogens is 4. The second-order valence-electron chi connectivity index (χ2n) is 9.86. The Hall–Kier alpha value is -4.27. The Bertz CT molecular complexity index is 1430. The number of nitrogens with two attached hydrogens (primary N) is 1. The molecule has 1 aromatic carbocycles. The van der Waals surface area contributed by atoms with Crippen LogP contribution in [-0.4, -0.2) is 48.7 Å². The summed E-state index contributed by atoms with van der Waals surface area (Å²) in [6, 6.07) is 12.8. The van der Waals surface area contributed by atoms with Gasteiger partial charge in [0.15, 0.2) is 0 Å². The molecule has 3 N–H and O–H groups in total. The lowest BCUT2D eigenvalue weighted by Crippen LogP contribution is -2.46. The highest BCUT2D eigenvalue weighted by Crippen LogP contribution is 2.35. The molecular formula is C28H31N7O2. The standard InChI is InChI=1S/C28H31N7O2/c1-17(2)28(37)35-16-21(8-7-18(35)3)26-33-23(24-25(29)31-14-15-34(24)26)19-9-11-20(12-10-19)27(36)32-22-6-4-5-13-30-22/h4-6,9-15,17-18,21H,7-8,16H2,1-3H3,(H2,29,31)(H,30,32,36). The topological polar surface area (TPSA) is 119 Å². The number of nitrogens with zero attached hydrogens (tertiary/aromatic N) is 5. The Morgan fingerprint density at radius 3 is 2.54 bits per heavy atom. The van der Waals surface area contributed by atoms with Crippen molar-refractivity contribution in [3.8, 4) is 11.3 Å². The van der Waals surface area contributed by atoms with Crippen molar-refractivity contribution in [1.82, 2.24) is 24.3 Å². The van der Waals surface area contributed by atoms with Gasteiger partial charge in [-0.3, -0.25) is 14.0 Å². The lowest BCUT2D eigenvalue weighted by atomic mass is 9.91. The summed E-state index contributed by atoms with van der Waals surface area (Å²) in [6.07, 6.45) is 7.01. The highest BCUT2D eigenvalue weighted by atomic mass is 16.2. The van der Waals surface area contributed by atoms with E-state index in [1.165, 1.54) is 0 Å². The number of imidazole rings is 1. The number of carbonyl (C=O) groups excluding carboxylic acids is 2. The van der Waals surface area contributed by atoms with Crippen LogP contribution in [0.4, 0.5) is 11.6 Å². The average molecular weight is 498 g/mol. The van der Waals surface area contributed by atoms with Crippen LogP contribution < -0.4 is 11.1 Å². The van der Waals surface area contributed by atoms with E-state index in [1.807, 2.05) is 47.5 Å². The van der Waals surface area contributed by atoms with Crippen molar-refractivity contribution in [2.45, 2.75) is 45.6 Å². The third-order valence-electron chi connectivity index (χ3n) is 6.96. The first kappa shape index (κ1) is 24.4. The van der Waals surface area contributed by atoms with Gasteiger partial charge in [-0.1, -0.05) is 32.0 Å². The van der Waals surface area contributed by atoms with E-state index in [9.17, 15) is 9.59 Å². The second kappa shape index (κ2) is 10.0. The second-order valence-corrected chi connectivity index (χ2v) is 9.86. The van der Waals surface area contributed by atoms with Crippen LogP contribution >= 0.6 is 0 Å². The zero-order valence-corrected chi connectivity index (χ0v) is 21.3. The van der Waals surface area contributed by atoms with Crippen LogP contribution in [0.25, 0.3) is 16.8 Å². The van der Waals surface area contributed by atoms with E-state index in [0.29, 0.717) is 29.4 Å². The molecule has 0 bridgehead atoms. The maximum Gasteiger partial charge on any atom is 0.256 e. The van der Waals surface area contributed by atoms with Crippen LogP contribution in [0.1, 0.15) is 55.7 Å². The first-order chi connectivity index (χ1) is 17.8. The zero-order chi connectivity index (χ0) is 26.1. The molecule has 0 saturated carbocycles. The van der Waals surface area contributed by atoms with Crippen molar-refractivity contribution in [2.75, 3.05) is 17.6 Å². The predicted octanol–water partition coefficient (Wildman–Crippen LogP) is 4.38. The number of fused-ring (bicyclic) bond motifs is 1. The summed E-state index contributed by atoms with van der Waals surface area (Å²) in [4.78, 5) is 41.0. The Morgan fingerprint density at radius 2 is 1.84 bits per heavy atom. The summed E-state index contributed by atoms with van der Waals surface area (Å²) >= 11 is 0. The van der Waals surface area contributed by atoms with E-state index in [2.05, 4.69) is 22.2 Å². The molecule has 4 heterocycles. The molecule has 4 aromatic rings. The van der Waals surface area contributed by atoms with Crippen LogP contribution in [0, 0.1) is 5.92 Å². The Labute approximate surface area is 215 Å². The minimum absolute atomic E-state index is 0.0537. The maximum atomic E-state index is 12.9. The molecule has 9 nitrogen and oxygen atoms in total. The highest BCUT2D eigenvalue weighted by Gasteiger charge is 2.33. The fourth-order valence-electron chi connectivity index (χ4n) is 4.94. The maximum absolute atomic E-state index is 12.9. The third-order valence-corrected chi connectivity index (χ3v) is 6.96. The quantitative estimate of drug-likeness (QED) is 0.423. The highest BCUT2D eigenvalue weighted by molar-refractivity contribution is 6.04. The molecule has 0 aliphatic carbocycles. The van der Waals surface area contributed by atoms with E-state index >= 15 is 0 Å². The van der Waals surface area contributed by atoms with Gasteiger partial charge in [-0.05, 0) is 44.0 Å². The molecule has 2 unspecified atom stereocenters. The van der Waals surface area contributed by atoms with E-state index < -0.39 is 0 Å². The third kappa shape index (κ3) is 4.76. The number of nitrogen functional groups attached to an aromatic ring is 1. The van der Waals surface area contributed by atoms with Gasteiger partial charge in [-0.15, -0.1) is 0 Å². The lowest BCUT2D eigenvalue weighted by molar-refractivity contribution is -0.138. The van der Waals surface area contributed by atoms with Gasteiger partial charge in [-0.25, -0.2) is 15.0 Å².